The standard InChI is InChI=1S/C17H14FN5O/c18-13-3-1-12(2-4-13)17(5-6-17)15(24)22-14-9-20-16(21-10-14)23-8-7-19-11-23/h1-4,7-11H,5-6H2,(H,22,24). The molecule has 6 nitrogen and oxygen atoms in total. The molecule has 0 saturated heterocycles. The molecule has 7 heteroatoms. The second kappa shape index (κ2) is 5.52. The van der Waals surface area contributed by atoms with Crippen LogP contribution in [0.5, 0.6) is 0 Å². The molecule has 2 aromatic heterocycles. The summed E-state index contributed by atoms with van der Waals surface area (Å²) in [5, 5.41) is 2.85. The van der Waals surface area contributed by atoms with Crippen molar-refractivity contribution < 1.29 is 9.18 Å². The highest BCUT2D eigenvalue weighted by Crippen LogP contribution is 2.48. The van der Waals surface area contributed by atoms with E-state index in [2.05, 4.69) is 20.3 Å². The van der Waals surface area contributed by atoms with Crippen LogP contribution in [0.4, 0.5) is 10.1 Å². The molecule has 1 aliphatic rings. The zero-order valence-electron chi connectivity index (χ0n) is 12.7. The Kier molecular flexibility index (Phi) is 3.34. The number of nitrogens with one attached hydrogen (secondary N) is 1. The molecule has 1 aliphatic carbocycles. The van der Waals surface area contributed by atoms with Crippen molar-refractivity contribution in [3.05, 3.63) is 66.8 Å². The number of nitrogens with zero attached hydrogens (tertiary/aromatic N) is 4. The average Bonchev–Trinajstić information content (AvgIpc) is 3.23. The molecule has 2 heterocycles. The number of hydrogen-bond donors (Lipinski definition) is 1. The molecule has 0 unspecified atom stereocenters. The van der Waals surface area contributed by atoms with Crippen LogP contribution < -0.4 is 5.32 Å². The number of amides is 1. The highest BCUT2D eigenvalue weighted by molar-refractivity contribution is 6.01. The monoisotopic (exact) mass is 323 g/mol. The molecule has 24 heavy (non-hydrogen) atoms. The van der Waals surface area contributed by atoms with Crippen LogP contribution in [-0.4, -0.2) is 25.4 Å². The minimum absolute atomic E-state index is 0.118. The number of halogens is 1. The van der Waals surface area contributed by atoms with E-state index in [1.807, 2.05) is 0 Å². The second-order valence-electron chi connectivity index (χ2n) is 5.78. The van der Waals surface area contributed by atoms with E-state index in [1.54, 1.807) is 47.8 Å². The molecule has 1 saturated carbocycles. The van der Waals surface area contributed by atoms with Gasteiger partial charge in [-0.1, -0.05) is 12.1 Å². The minimum atomic E-state index is -0.573. The van der Waals surface area contributed by atoms with Crippen molar-refractivity contribution in [3.8, 4) is 5.95 Å². The summed E-state index contributed by atoms with van der Waals surface area (Å²) in [5.41, 5.74) is 0.783. The maximum Gasteiger partial charge on any atom is 0.235 e. The van der Waals surface area contributed by atoms with Crippen molar-refractivity contribution in [2.75, 3.05) is 5.32 Å². The Bertz CT molecular complexity index is 855. The molecule has 0 bridgehead atoms. The summed E-state index contributed by atoms with van der Waals surface area (Å²) in [5.74, 6) is 0.0525. The van der Waals surface area contributed by atoms with E-state index in [0.717, 1.165) is 18.4 Å². The van der Waals surface area contributed by atoms with Crippen LogP contribution in [0.25, 0.3) is 5.95 Å². The summed E-state index contributed by atoms with van der Waals surface area (Å²) >= 11 is 0. The smallest absolute Gasteiger partial charge is 0.235 e. The molecule has 0 spiro atoms. The lowest BCUT2D eigenvalue weighted by Crippen LogP contribution is -2.28. The highest BCUT2D eigenvalue weighted by Gasteiger charge is 2.51. The van der Waals surface area contributed by atoms with E-state index >= 15 is 0 Å². The van der Waals surface area contributed by atoms with Crippen LogP contribution in [0, 0.1) is 5.82 Å². The van der Waals surface area contributed by atoms with Crippen LogP contribution >= 0.6 is 0 Å². The molecule has 1 fully saturated rings. The number of benzene rings is 1. The fourth-order valence-corrected chi connectivity index (χ4v) is 2.69. The quantitative estimate of drug-likeness (QED) is 0.800. The maximum atomic E-state index is 13.1. The summed E-state index contributed by atoms with van der Waals surface area (Å²) in [7, 11) is 0. The highest BCUT2D eigenvalue weighted by atomic mass is 19.1. The molecule has 120 valence electrons. The van der Waals surface area contributed by atoms with Gasteiger partial charge >= 0.3 is 0 Å². The third kappa shape index (κ3) is 2.54. The van der Waals surface area contributed by atoms with Crippen LogP contribution in [0.3, 0.4) is 0 Å². The Morgan fingerprint density at radius 2 is 1.88 bits per heavy atom. The van der Waals surface area contributed by atoms with Crippen molar-refractivity contribution in [1.82, 2.24) is 19.5 Å². The second-order valence-corrected chi connectivity index (χ2v) is 5.78. The van der Waals surface area contributed by atoms with E-state index in [4.69, 9.17) is 0 Å². The number of aromatic nitrogens is 4. The average molecular weight is 323 g/mol. The SMILES string of the molecule is O=C(Nc1cnc(-n2ccnc2)nc1)C1(c2ccc(F)cc2)CC1. The number of carbonyl (C=O) groups excluding carboxylic acids is 1. The van der Waals surface area contributed by atoms with Crippen molar-refractivity contribution in [2.45, 2.75) is 18.3 Å². The Morgan fingerprint density at radius 1 is 1.17 bits per heavy atom. The van der Waals surface area contributed by atoms with Crippen LogP contribution in [0.2, 0.25) is 0 Å². The predicted octanol–water partition coefficient (Wildman–Crippen LogP) is 2.47. The van der Waals surface area contributed by atoms with Gasteiger partial charge in [-0.05, 0) is 30.5 Å². The van der Waals surface area contributed by atoms with E-state index < -0.39 is 5.41 Å². The Morgan fingerprint density at radius 3 is 2.46 bits per heavy atom. The molecule has 0 aliphatic heterocycles. The Hall–Kier alpha value is -3.09. The fraction of sp³-hybridized carbons (Fsp3) is 0.176. The third-order valence-corrected chi connectivity index (χ3v) is 4.21. The molecule has 0 atom stereocenters. The number of imidazole rings is 1. The van der Waals surface area contributed by atoms with Gasteiger partial charge in [0.2, 0.25) is 11.9 Å². The van der Waals surface area contributed by atoms with Crippen molar-refractivity contribution in [3.63, 3.8) is 0 Å². The van der Waals surface area contributed by atoms with Crippen LogP contribution in [0.1, 0.15) is 18.4 Å². The summed E-state index contributed by atoms with van der Waals surface area (Å²) in [4.78, 5) is 25.0. The van der Waals surface area contributed by atoms with Gasteiger partial charge in [0, 0.05) is 12.4 Å². The lowest BCUT2D eigenvalue weighted by molar-refractivity contribution is -0.118. The van der Waals surface area contributed by atoms with Crippen molar-refractivity contribution in [1.29, 1.82) is 0 Å². The van der Waals surface area contributed by atoms with Gasteiger partial charge in [-0.3, -0.25) is 9.36 Å². The first-order valence-corrected chi connectivity index (χ1v) is 7.55. The summed E-state index contributed by atoms with van der Waals surface area (Å²) < 4.78 is 14.7. The van der Waals surface area contributed by atoms with Gasteiger partial charge in [0.25, 0.3) is 0 Å². The van der Waals surface area contributed by atoms with Crippen molar-refractivity contribution in [2.24, 2.45) is 0 Å². The zero-order valence-corrected chi connectivity index (χ0v) is 12.7. The van der Waals surface area contributed by atoms with Gasteiger partial charge in [-0.2, -0.15) is 0 Å². The molecule has 0 radical (unpaired) electrons. The lowest BCUT2D eigenvalue weighted by atomic mass is 9.95. The van der Waals surface area contributed by atoms with E-state index in [9.17, 15) is 9.18 Å². The minimum Gasteiger partial charge on any atom is -0.323 e. The number of rotatable bonds is 4. The molecule has 3 aromatic rings. The van der Waals surface area contributed by atoms with Crippen LogP contribution in [-0.2, 0) is 10.2 Å². The molecule has 1 amide bonds. The lowest BCUT2D eigenvalue weighted by Gasteiger charge is -2.15. The largest absolute Gasteiger partial charge is 0.323 e. The Labute approximate surface area is 137 Å². The normalized spacial score (nSPS) is 15.0. The van der Waals surface area contributed by atoms with Crippen molar-refractivity contribution >= 4 is 11.6 Å². The maximum absolute atomic E-state index is 13.1. The zero-order chi connectivity index (χ0) is 16.6. The topological polar surface area (TPSA) is 72.7 Å². The summed E-state index contributed by atoms with van der Waals surface area (Å²) in [6.07, 6.45) is 9.58. The molecule has 1 N–H and O–H groups in total. The van der Waals surface area contributed by atoms with Gasteiger partial charge in [0.05, 0.1) is 23.5 Å². The third-order valence-electron chi connectivity index (χ3n) is 4.21. The van der Waals surface area contributed by atoms with Gasteiger partial charge in [-0.15, -0.1) is 0 Å². The summed E-state index contributed by atoms with van der Waals surface area (Å²) in [6.45, 7) is 0. The van der Waals surface area contributed by atoms with E-state index in [1.165, 1.54) is 12.1 Å². The van der Waals surface area contributed by atoms with Gasteiger partial charge in [-0.25, -0.2) is 19.3 Å². The molecular weight excluding hydrogens is 309 g/mol. The Balaban J connectivity index is 1.51. The molecular formula is C17H14FN5O. The van der Waals surface area contributed by atoms with Gasteiger partial charge < -0.3 is 5.32 Å². The first-order valence-electron chi connectivity index (χ1n) is 7.55. The fourth-order valence-electron chi connectivity index (χ4n) is 2.69. The van der Waals surface area contributed by atoms with Crippen LogP contribution in [0.15, 0.2) is 55.4 Å². The molecule has 4 rings (SSSR count). The first kappa shape index (κ1) is 14.5. The number of carbonyl (C=O) groups is 1. The van der Waals surface area contributed by atoms with Gasteiger partial charge in [0.1, 0.15) is 12.1 Å². The summed E-state index contributed by atoms with van der Waals surface area (Å²) in [6, 6.07) is 6.10. The number of hydrogen-bond acceptors (Lipinski definition) is 4. The van der Waals surface area contributed by atoms with E-state index in [0.29, 0.717) is 11.6 Å². The van der Waals surface area contributed by atoms with Gasteiger partial charge in [0.15, 0.2) is 0 Å². The molecule has 1 aromatic carbocycles. The number of anilines is 1. The van der Waals surface area contributed by atoms with E-state index in [-0.39, 0.29) is 11.7 Å². The predicted molar refractivity (Wildman–Crippen MR) is 85.1 cm³/mol. The first-order chi connectivity index (χ1) is 11.7.